The van der Waals surface area contributed by atoms with Gasteiger partial charge in [-0.05, 0) is 94.3 Å². The average Bonchev–Trinajstić information content (AvgIpc) is 3.38. The molecule has 0 radical (unpaired) electrons. The van der Waals surface area contributed by atoms with E-state index in [1.165, 1.54) is 14.0 Å². The number of hydrogen-bond acceptors (Lipinski definition) is 21. The summed E-state index contributed by atoms with van der Waals surface area (Å²) in [5.41, 5.74) is -5.77. The van der Waals surface area contributed by atoms with Crippen molar-refractivity contribution < 1.29 is 102 Å². The second-order valence-corrected chi connectivity index (χ2v) is 24.3. The van der Waals surface area contributed by atoms with Crippen LogP contribution in [0, 0.1) is 56.2 Å². The molecule has 0 spiro atoms. The van der Waals surface area contributed by atoms with Gasteiger partial charge in [-0.2, -0.15) is 0 Å². The number of aliphatic hydroxyl groups is 7. The smallest absolute Gasteiger partial charge is 0.337 e. The highest BCUT2D eigenvalue weighted by molar-refractivity contribution is 5.88. The van der Waals surface area contributed by atoms with E-state index in [2.05, 4.69) is 19.9 Å². The maximum atomic E-state index is 14.6. The van der Waals surface area contributed by atoms with Crippen molar-refractivity contribution in [3.8, 4) is 0 Å². The standard InChI is InChI=1S/C55H84O21/c1-14-25(3)44(64)75-42-43(76-45(65)26(4)15-2)55(24-56)29(22-50(42,6)7)28-16-17-31-51(8)20-19-33(53(10,49(67)69-13)32(51)18-21-52(31,9)54(28,11)40(63)41(55)71-27(5)57)72-48-37(62)38(36(61)39(74-48)46(66)68-12)73-47-35(60)34(59)30(58)23-70-47/h14,16,26,29-43,47-48,56,58-63H,15,17-24H2,1-13H3/b25-14-/t26-,29-,30-,31+,32-,33-,34-,35+,36-,37+,38-,39-,40-,41+,42-,43-,47-,48+,51+,52+,53-,54-,55-/m0/s1. The average molecular weight is 1080 g/mol. The molecular formula is C55H84O21. The molecule has 2 heterocycles. The molecule has 0 aromatic rings. The number of carbonyl (C=O) groups is 5. The van der Waals surface area contributed by atoms with Gasteiger partial charge in [0.05, 0.1) is 50.3 Å². The highest BCUT2D eigenvalue weighted by Crippen LogP contribution is 2.76. The molecular weight excluding hydrogens is 997 g/mol. The second-order valence-electron chi connectivity index (χ2n) is 24.3. The molecule has 23 atom stereocenters. The van der Waals surface area contributed by atoms with E-state index in [9.17, 15) is 59.7 Å². The summed E-state index contributed by atoms with van der Waals surface area (Å²) < 4.78 is 53.4. The Morgan fingerprint density at radius 2 is 1.47 bits per heavy atom. The topological polar surface area (TPSA) is 310 Å². The molecule has 7 aliphatic rings. The lowest BCUT2D eigenvalue weighted by molar-refractivity contribution is -0.357. The zero-order valence-corrected chi connectivity index (χ0v) is 46.3. The Balaban J connectivity index is 1.29. The Morgan fingerprint density at radius 3 is 2.07 bits per heavy atom. The number of esters is 5. The molecule has 6 fully saturated rings. The summed E-state index contributed by atoms with van der Waals surface area (Å²) >= 11 is 0. The zero-order chi connectivity index (χ0) is 56.6. The van der Waals surface area contributed by atoms with Crippen LogP contribution in [0.3, 0.4) is 0 Å². The van der Waals surface area contributed by atoms with Crippen LogP contribution in [-0.2, 0) is 66.6 Å². The first-order valence-electron chi connectivity index (χ1n) is 26.8. The van der Waals surface area contributed by atoms with Crippen LogP contribution < -0.4 is 0 Å². The molecule has 0 aromatic carbocycles. The Morgan fingerprint density at radius 1 is 0.803 bits per heavy atom. The quantitative estimate of drug-likeness (QED) is 0.0458. The Hall–Kier alpha value is -3.61. The molecule has 0 bridgehead atoms. The zero-order valence-electron chi connectivity index (χ0n) is 46.3. The fourth-order valence-electron chi connectivity index (χ4n) is 15.4. The van der Waals surface area contributed by atoms with Crippen molar-refractivity contribution in [1.29, 1.82) is 0 Å². The molecule has 4 saturated carbocycles. The van der Waals surface area contributed by atoms with Crippen LogP contribution in [0.5, 0.6) is 0 Å². The van der Waals surface area contributed by atoms with Gasteiger partial charge in [-0.1, -0.05) is 66.2 Å². The number of ether oxygens (including phenoxy) is 9. The molecule has 21 nitrogen and oxygen atoms in total. The third-order valence-corrected chi connectivity index (χ3v) is 20.2. The monoisotopic (exact) mass is 1080 g/mol. The molecule has 0 unspecified atom stereocenters. The van der Waals surface area contributed by atoms with E-state index < -0.39 is 179 Å². The minimum atomic E-state index is -1.92. The van der Waals surface area contributed by atoms with Gasteiger partial charge in [0.1, 0.15) is 54.9 Å². The van der Waals surface area contributed by atoms with Gasteiger partial charge in [-0.15, -0.1) is 0 Å². The van der Waals surface area contributed by atoms with Gasteiger partial charge in [0.2, 0.25) is 0 Å². The molecule has 2 saturated heterocycles. The van der Waals surface area contributed by atoms with Crippen molar-refractivity contribution in [2.75, 3.05) is 27.4 Å². The van der Waals surface area contributed by atoms with E-state index in [1.807, 2.05) is 27.7 Å². The number of fused-ring (bicyclic) bond motifs is 7. The second kappa shape index (κ2) is 21.8. The van der Waals surface area contributed by atoms with Crippen LogP contribution in [0.25, 0.3) is 0 Å². The Kier molecular flexibility index (Phi) is 17.2. The van der Waals surface area contributed by atoms with Crippen molar-refractivity contribution in [3.05, 3.63) is 23.3 Å². The highest BCUT2D eigenvalue weighted by atomic mass is 16.7. The van der Waals surface area contributed by atoms with Crippen molar-refractivity contribution in [2.24, 2.45) is 56.2 Å². The third kappa shape index (κ3) is 9.25. The van der Waals surface area contributed by atoms with E-state index in [-0.39, 0.29) is 18.8 Å². The van der Waals surface area contributed by atoms with Crippen LogP contribution in [-0.4, -0.2) is 179 Å². The normalized spacial score (nSPS) is 46.2. The van der Waals surface area contributed by atoms with E-state index >= 15 is 0 Å². The number of aliphatic hydroxyl groups excluding tert-OH is 7. The lowest BCUT2D eigenvalue weighted by Crippen LogP contribution is -2.77. The van der Waals surface area contributed by atoms with Crippen molar-refractivity contribution in [3.63, 3.8) is 0 Å². The molecule has 2 aliphatic heterocycles. The van der Waals surface area contributed by atoms with Crippen molar-refractivity contribution in [2.45, 2.75) is 207 Å². The van der Waals surface area contributed by atoms with Gasteiger partial charge in [0.15, 0.2) is 24.8 Å². The van der Waals surface area contributed by atoms with Crippen LogP contribution in [0.2, 0.25) is 0 Å². The summed E-state index contributed by atoms with van der Waals surface area (Å²) in [6.45, 7) is 18.6. The molecule has 76 heavy (non-hydrogen) atoms. The summed E-state index contributed by atoms with van der Waals surface area (Å²) in [4.78, 5) is 69.0. The number of rotatable bonds is 13. The summed E-state index contributed by atoms with van der Waals surface area (Å²) in [5.74, 6) is -5.80. The third-order valence-electron chi connectivity index (χ3n) is 20.2. The SMILES string of the molecule is C/C=C(/C)C(=O)O[C@H]1[C@H](OC(=O)[C@@H](C)CC)[C@]2(CO)[C@H](OC(C)=O)[C@H](O)[C@]3(C)C(=CC[C@@H]4[C@@]5(C)CC[C@H](O[C@@H]6O[C@H](C(=O)OC)[C@@H](O)[C@H](O[C@@H]7OC[C@H](O)[C@H](O)[C@H]7O)[C@H]6O)[C@@](C)(C(=O)OC)[C@H]5CC[C@]43C)[C@@H]2CC1(C)C. The predicted octanol–water partition coefficient (Wildman–Crippen LogP) is 2.33. The van der Waals surface area contributed by atoms with Crippen LogP contribution in [0.4, 0.5) is 0 Å². The van der Waals surface area contributed by atoms with Crippen molar-refractivity contribution >= 4 is 29.8 Å². The molecule has 7 N–H and O–H groups in total. The molecule has 430 valence electrons. The fourth-order valence-corrected chi connectivity index (χ4v) is 15.4. The number of methoxy groups -OCH3 is 2. The lowest BCUT2D eigenvalue weighted by atomic mass is 9.32. The first-order chi connectivity index (χ1) is 35.5. The van der Waals surface area contributed by atoms with Crippen LogP contribution in [0.1, 0.15) is 121 Å². The minimum absolute atomic E-state index is 0.162. The highest BCUT2D eigenvalue weighted by Gasteiger charge is 2.78. The van der Waals surface area contributed by atoms with E-state index in [4.69, 9.17) is 42.6 Å². The number of allylic oxidation sites excluding steroid dienone is 2. The maximum Gasteiger partial charge on any atom is 0.337 e. The van der Waals surface area contributed by atoms with E-state index in [1.54, 1.807) is 33.8 Å². The molecule has 0 aromatic heterocycles. The van der Waals surface area contributed by atoms with E-state index in [0.717, 1.165) is 12.7 Å². The number of hydrogen-bond donors (Lipinski definition) is 7. The summed E-state index contributed by atoms with van der Waals surface area (Å²) in [7, 11) is 2.32. The molecule has 7 rings (SSSR count). The lowest BCUT2D eigenvalue weighted by Gasteiger charge is -2.73. The maximum absolute atomic E-state index is 14.6. The van der Waals surface area contributed by atoms with E-state index in [0.29, 0.717) is 37.7 Å². The predicted molar refractivity (Wildman–Crippen MR) is 264 cm³/mol. The Labute approximate surface area is 444 Å². The van der Waals surface area contributed by atoms with Gasteiger partial charge in [-0.25, -0.2) is 9.59 Å². The summed E-state index contributed by atoms with van der Waals surface area (Å²) in [5, 5.41) is 79.8. The van der Waals surface area contributed by atoms with Crippen LogP contribution in [0.15, 0.2) is 23.3 Å². The molecule has 5 aliphatic carbocycles. The minimum Gasteiger partial charge on any atom is -0.469 e. The number of carbonyl (C=O) groups excluding carboxylic acids is 5. The fraction of sp³-hybridized carbons (Fsp3) is 0.836. The first-order valence-corrected chi connectivity index (χ1v) is 26.8. The summed E-state index contributed by atoms with van der Waals surface area (Å²) in [6, 6.07) is 0. The summed E-state index contributed by atoms with van der Waals surface area (Å²) in [6.07, 6.45) is -16.3. The van der Waals surface area contributed by atoms with Crippen molar-refractivity contribution in [1.82, 2.24) is 0 Å². The van der Waals surface area contributed by atoms with Gasteiger partial charge in [0, 0.05) is 23.3 Å². The first kappa shape index (κ1) is 60.0. The Bertz CT molecular complexity index is 2270. The van der Waals surface area contributed by atoms with Gasteiger partial charge >= 0.3 is 29.8 Å². The van der Waals surface area contributed by atoms with Gasteiger partial charge in [-0.3, -0.25) is 14.4 Å². The molecule has 21 heteroatoms. The van der Waals surface area contributed by atoms with Crippen LogP contribution >= 0.6 is 0 Å². The van der Waals surface area contributed by atoms with Gasteiger partial charge in [0.25, 0.3) is 0 Å². The largest absolute Gasteiger partial charge is 0.469 e. The molecule has 0 amide bonds. The van der Waals surface area contributed by atoms with Gasteiger partial charge < -0.3 is 78.4 Å².